The van der Waals surface area contributed by atoms with Crippen LogP contribution in [-0.4, -0.2) is 43.9 Å². The summed E-state index contributed by atoms with van der Waals surface area (Å²) in [4.78, 5) is 6.27. The van der Waals surface area contributed by atoms with Crippen LogP contribution in [0.2, 0.25) is 0 Å². The molecule has 0 aromatic carbocycles. The number of nitrogens with zero attached hydrogens (tertiary/aromatic N) is 6. The Morgan fingerprint density at radius 1 is 1.44 bits per heavy atom. The molecular formula is C10H14N8. The molecule has 0 radical (unpaired) electrons. The smallest absolute Gasteiger partial charge is 0.199 e. The van der Waals surface area contributed by atoms with Crippen LogP contribution in [0.25, 0.3) is 5.65 Å². The summed E-state index contributed by atoms with van der Waals surface area (Å²) in [6.45, 7) is 1.63. The maximum absolute atomic E-state index is 7.56. The van der Waals surface area contributed by atoms with Crippen LogP contribution >= 0.6 is 0 Å². The number of rotatable bonds is 2. The number of nitrogens with one attached hydrogen (secondary N) is 1. The number of hydrogen-bond acceptors (Lipinski definition) is 6. The lowest BCUT2D eigenvalue weighted by Gasteiger charge is -2.33. The first-order valence-corrected chi connectivity index (χ1v) is 5.86. The molecule has 18 heavy (non-hydrogen) atoms. The Bertz CT molecular complexity index is 576. The van der Waals surface area contributed by atoms with E-state index in [1.165, 1.54) is 0 Å². The SMILES string of the molecule is N=C(N)C1CCCN(c2cncc3nnnn23)C1. The summed E-state index contributed by atoms with van der Waals surface area (Å²) >= 11 is 0. The van der Waals surface area contributed by atoms with Gasteiger partial charge in [-0.2, -0.15) is 4.52 Å². The molecule has 3 rings (SSSR count). The van der Waals surface area contributed by atoms with Crippen LogP contribution < -0.4 is 10.6 Å². The molecule has 2 aromatic rings. The summed E-state index contributed by atoms with van der Waals surface area (Å²) in [5, 5.41) is 19.0. The number of anilines is 1. The predicted octanol–water partition coefficient (Wildman–Crippen LogP) is -0.328. The lowest BCUT2D eigenvalue weighted by molar-refractivity contribution is 0.496. The summed E-state index contributed by atoms with van der Waals surface area (Å²) in [5.41, 5.74) is 6.22. The largest absolute Gasteiger partial charge is 0.387 e. The zero-order valence-corrected chi connectivity index (χ0v) is 9.82. The minimum absolute atomic E-state index is 0.102. The summed E-state index contributed by atoms with van der Waals surface area (Å²) in [6, 6.07) is 0. The fourth-order valence-corrected chi connectivity index (χ4v) is 2.32. The average molecular weight is 246 g/mol. The van der Waals surface area contributed by atoms with Gasteiger partial charge >= 0.3 is 0 Å². The highest BCUT2D eigenvalue weighted by Gasteiger charge is 2.24. The maximum atomic E-state index is 7.56. The minimum Gasteiger partial charge on any atom is -0.387 e. The van der Waals surface area contributed by atoms with Crippen molar-refractivity contribution in [2.75, 3.05) is 18.0 Å². The number of hydrogen-bond donors (Lipinski definition) is 2. The zero-order valence-electron chi connectivity index (χ0n) is 9.82. The maximum Gasteiger partial charge on any atom is 0.199 e. The van der Waals surface area contributed by atoms with Crippen molar-refractivity contribution in [1.29, 1.82) is 5.41 Å². The standard InChI is InChI=1S/C10H14N8/c11-10(12)7-2-1-3-17(6-7)9-5-13-4-8-14-15-16-18(8)9/h4-5,7H,1-3,6H2,(H3,11,12). The fourth-order valence-electron chi connectivity index (χ4n) is 2.32. The quantitative estimate of drug-likeness (QED) is 0.554. The molecule has 8 heteroatoms. The molecule has 0 aliphatic carbocycles. The van der Waals surface area contributed by atoms with E-state index in [4.69, 9.17) is 11.1 Å². The van der Waals surface area contributed by atoms with Crippen LogP contribution in [0.3, 0.4) is 0 Å². The van der Waals surface area contributed by atoms with Crippen molar-refractivity contribution in [3.05, 3.63) is 12.4 Å². The van der Waals surface area contributed by atoms with Crippen LogP contribution in [0.5, 0.6) is 0 Å². The normalized spacial score (nSPS) is 20.2. The van der Waals surface area contributed by atoms with Crippen molar-refractivity contribution >= 4 is 17.3 Å². The predicted molar refractivity (Wildman–Crippen MR) is 65.4 cm³/mol. The Kier molecular flexibility index (Phi) is 2.54. The second-order valence-corrected chi connectivity index (χ2v) is 4.45. The van der Waals surface area contributed by atoms with E-state index >= 15 is 0 Å². The third-order valence-corrected chi connectivity index (χ3v) is 3.28. The topological polar surface area (TPSA) is 109 Å². The molecule has 1 fully saturated rings. The first-order valence-electron chi connectivity index (χ1n) is 5.86. The van der Waals surface area contributed by atoms with Gasteiger partial charge in [-0.25, -0.2) is 0 Å². The highest BCUT2D eigenvalue weighted by Crippen LogP contribution is 2.22. The third kappa shape index (κ3) is 1.75. The van der Waals surface area contributed by atoms with Gasteiger partial charge in [0.1, 0.15) is 0 Å². The second kappa shape index (κ2) is 4.21. The summed E-state index contributed by atoms with van der Waals surface area (Å²) < 4.78 is 1.66. The van der Waals surface area contributed by atoms with Crippen LogP contribution in [0.1, 0.15) is 12.8 Å². The van der Waals surface area contributed by atoms with E-state index in [0.717, 1.165) is 31.7 Å². The van der Waals surface area contributed by atoms with Gasteiger partial charge in [-0.05, 0) is 23.3 Å². The molecule has 3 heterocycles. The van der Waals surface area contributed by atoms with Gasteiger partial charge in [0.25, 0.3) is 0 Å². The Morgan fingerprint density at radius 3 is 3.17 bits per heavy atom. The van der Waals surface area contributed by atoms with Gasteiger partial charge < -0.3 is 10.6 Å². The monoisotopic (exact) mass is 246 g/mol. The highest BCUT2D eigenvalue weighted by atomic mass is 15.5. The van der Waals surface area contributed by atoms with Crippen molar-refractivity contribution in [1.82, 2.24) is 25.0 Å². The number of amidine groups is 1. The molecule has 1 aliphatic heterocycles. The van der Waals surface area contributed by atoms with E-state index in [2.05, 4.69) is 25.4 Å². The van der Waals surface area contributed by atoms with Crippen molar-refractivity contribution < 1.29 is 0 Å². The van der Waals surface area contributed by atoms with Crippen molar-refractivity contribution in [3.8, 4) is 0 Å². The Balaban J connectivity index is 1.94. The summed E-state index contributed by atoms with van der Waals surface area (Å²) in [5.74, 6) is 1.20. The first kappa shape index (κ1) is 10.9. The third-order valence-electron chi connectivity index (χ3n) is 3.28. The van der Waals surface area contributed by atoms with Crippen molar-refractivity contribution in [2.45, 2.75) is 12.8 Å². The van der Waals surface area contributed by atoms with Crippen LogP contribution in [0.15, 0.2) is 12.4 Å². The molecule has 8 nitrogen and oxygen atoms in total. The molecule has 0 spiro atoms. The van der Waals surface area contributed by atoms with Gasteiger partial charge in [0.15, 0.2) is 11.5 Å². The van der Waals surface area contributed by atoms with Crippen LogP contribution in [-0.2, 0) is 0 Å². The van der Waals surface area contributed by atoms with Gasteiger partial charge in [-0.15, -0.1) is 5.10 Å². The number of tetrazole rings is 1. The average Bonchev–Trinajstić information content (AvgIpc) is 2.87. The summed E-state index contributed by atoms with van der Waals surface area (Å²) in [6.07, 6.45) is 5.33. The van der Waals surface area contributed by atoms with E-state index in [9.17, 15) is 0 Å². The Morgan fingerprint density at radius 2 is 2.33 bits per heavy atom. The minimum atomic E-state index is 0.102. The molecular weight excluding hydrogens is 232 g/mol. The van der Waals surface area contributed by atoms with Gasteiger partial charge in [-0.1, -0.05) is 0 Å². The second-order valence-electron chi connectivity index (χ2n) is 4.45. The van der Waals surface area contributed by atoms with E-state index < -0.39 is 0 Å². The van der Waals surface area contributed by atoms with Crippen LogP contribution in [0, 0.1) is 11.3 Å². The van der Waals surface area contributed by atoms with E-state index in [1.54, 1.807) is 16.9 Å². The number of fused-ring (bicyclic) bond motifs is 1. The van der Waals surface area contributed by atoms with E-state index in [0.29, 0.717) is 5.65 Å². The van der Waals surface area contributed by atoms with Crippen molar-refractivity contribution in [2.24, 2.45) is 11.7 Å². The van der Waals surface area contributed by atoms with E-state index in [1.807, 2.05) is 0 Å². The molecule has 3 N–H and O–H groups in total. The van der Waals surface area contributed by atoms with Gasteiger partial charge in [0, 0.05) is 19.0 Å². The summed E-state index contributed by atoms with van der Waals surface area (Å²) in [7, 11) is 0. The Labute approximate surface area is 103 Å². The molecule has 0 bridgehead atoms. The molecule has 0 amide bonds. The zero-order chi connectivity index (χ0) is 12.5. The number of piperidine rings is 1. The number of nitrogens with two attached hydrogens (primary N) is 1. The molecule has 2 aromatic heterocycles. The first-order chi connectivity index (χ1) is 8.75. The van der Waals surface area contributed by atoms with Gasteiger partial charge in [0.05, 0.1) is 18.2 Å². The molecule has 1 atom stereocenters. The van der Waals surface area contributed by atoms with Crippen LogP contribution in [0.4, 0.5) is 5.82 Å². The highest BCUT2D eigenvalue weighted by molar-refractivity contribution is 5.80. The molecule has 1 aliphatic rings. The molecule has 1 saturated heterocycles. The van der Waals surface area contributed by atoms with Gasteiger partial charge in [-0.3, -0.25) is 10.4 Å². The Hall–Kier alpha value is -2.25. The fraction of sp³-hybridized carbons (Fsp3) is 0.500. The molecule has 94 valence electrons. The lowest BCUT2D eigenvalue weighted by atomic mass is 9.97. The number of aromatic nitrogens is 5. The lowest BCUT2D eigenvalue weighted by Crippen LogP contribution is -2.41. The van der Waals surface area contributed by atoms with E-state index in [-0.39, 0.29) is 11.8 Å². The molecule has 0 saturated carbocycles. The van der Waals surface area contributed by atoms with Crippen molar-refractivity contribution in [3.63, 3.8) is 0 Å². The molecule has 1 unspecified atom stereocenters. The van der Waals surface area contributed by atoms with Gasteiger partial charge in [0.2, 0.25) is 0 Å².